The van der Waals surface area contributed by atoms with E-state index in [1.54, 1.807) is 0 Å². The number of thioether (sulfide) groups is 1. The van der Waals surface area contributed by atoms with Crippen molar-refractivity contribution < 1.29 is 4.74 Å². The molecule has 3 heteroatoms. The average molecular weight is 249 g/mol. The van der Waals surface area contributed by atoms with Crippen LogP contribution >= 0.6 is 23.4 Å². The van der Waals surface area contributed by atoms with Crippen LogP contribution in [0.3, 0.4) is 0 Å². The van der Waals surface area contributed by atoms with Gasteiger partial charge in [0.2, 0.25) is 0 Å². The first-order valence-electron chi connectivity index (χ1n) is 6.11. The van der Waals surface area contributed by atoms with Gasteiger partial charge >= 0.3 is 0 Å². The molecule has 3 unspecified atom stereocenters. The van der Waals surface area contributed by atoms with E-state index >= 15 is 0 Å². The molecule has 2 fully saturated rings. The summed E-state index contributed by atoms with van der Waals surface area (Å²) in [6.07, 6.45) is 5.97. The van der Waals surface area contributed by atoms with Crippen molar-refractivity contribution in [2.75, 3.05) is 18.1 Å². The molecule has 0 aliphatic carbocycles. The Morgan fingerprint density at radius 3 is 3.13 bits per heavy atom. The molecule has 0 aromatic carbocycles. The second-order valence-electron chi connectivity index (χ2n) is 4.89. The fraction of sp³-hybridized carbons (Fsp3) is 1.00. The number of hydrogen-bond acceptors (Lipinski definition) is 2. The minimum Gasteiger partial charge on any atom is -0.374 e. The van der Waals surface area contributed by atoms with Gasteiger partial charge in [-0.2, -0.15) is 11.8 Å². The van der Waals surface area contributed by atoms with E-state index in [0.29, 0.717) is 11.3 Å². The summed E-state index contributed by atoms with van der Waals surface area (Å²) in [4.78, 5) is 0. The average Bonchev–Trinajstić information content (AvgIpc) is 2.67. The van der Waals surface area contributed by atoms with Gasteiger partial charge in [0.05, 0.1) is 5.60 Å². The van der Waals surface area contributed by atoms with Crippen LogP contribution < -0.4 is 0 Å². The Morgan fingerprint density at radius 2 is 2.47 bits per heavy atom. The minimum absolute atomic E-state index is 0.203. The zero-order chi connectivity index (χ0) is 10.7. The molecule has 2 heterocycles. The van der Waals surface area contributed by atoms with Crippen molar-refractivity contribution in [2.45, 2.75) is 50.0 Å². The molecule has 2 aliphatic rings. The molecule has 88 valence electrons. The highest BCUT2D eigenvalue weighted by atomic mass is 35.5. The van der Waals surface area contributed by atoms with Gasteiger partial charge in [0.25, 0.3) is 0 Å². The molecule has 0 aromatic heterocycles. The van der Waals surface area contributed by atoms with Crippen LogP contribution in [0.1, 0.15) is 39.0 Å². The quantitative estimate of drug-likeness (QED) is 0.705. The maximum Gasteiger partial charge on any atom is 0.0783 e. The molecular formula is C12H21ClOS. The van der Waals surface area contributed by atoms with Gasteiger partial charge in [-0.1, -0.05) is 13.3 Å². The third-order valence-electron chi connectivity index (χ3n) is 3.67. The van der Waals surface area contributed by atoms with Crippen molar-refractivity contribution in [1.29, 1.82) is 0 Å². The van der Waals surface area contributed by atoms with Crippen molar-refractivity contribution >= 4 is 23.4 Å². The number of alkyl halides is 1. The maximum atomic E-state index is 6.46. The largest absolute Gasteiger partial charge is 0.374 e. The summed E-state index contributed by atoms with van der Waals surface area (Å²) in [5.41, 5.74) is 0.203. The second-order valence-corrected chi connectivity index (χ2v) is 6.56. The van der Waals surface area contributed by atoms with Crippen molar-refractivity contribution in [3.8, 4) is 0 Å². The lowest BCUT2D eigenvalue weighted by Crippen LogP contribution is -2.42. The van der Waals surface area contributed by atoms with Crippen molar-refractivity contribution in [3.63, 3.8) is 0 Å². The summed E-state index contributed by atoms with van der Waals surface area (Å²) in [6, 6.07) is 0. The Bertz CT molecular complexity index is 204. The first-order chi connectivity index (χ1) is 7.26. The smallest absolute Gasteiger partial charge is 0.0783 e. The van der Waals surface area contributed by atoms with E-state index in [1.807, 2.05) is 11.8 Å². The highest BCUT2D eigenvalue weighted by Crippen LogP contribution is 2.42. The predicted octanol–water partition coefficient (Wildman–Crippen LogP) is 3.70. The van der Waals surface area contributed by atoms with Crippen LogP contribution in [0.2, 0.25) is 0 Å². The Labute approximate surface area is 102 Å². The lowest BCUT2D eigenvalue weighted by Gasteiger charge is -2.39. The highest BCUT2D eigenvalue weighted by molar-refractivity contribution is 7.99. The summed E-state index contributed by atoms with van der Waals surface area (Å²) in [5, 5.41) is 0.376. The molecule has 1 spiro atoms. The van der Waals surface area contributed by atoms with Crippen LogP contribution in [-0.2, 0) is 4.74 Å². The van der Waals surface area contributed by atoms with Gasteiger partial charge < -0.3 is 4.74 Å². The molecule has 0 aromatic rings. The van der Waals surface area contributed by atoms with Gasteiger partial charge in [0.15, 0.2) is 0 Å². The van der Waals surface area contributed by atoms with E-state index < -0.39 is 0 Å². The summed E-state index contributed by atoms with van der Waals surface area (Å²) in [5.74, 6) is 3.16. The minimum atomic E-state index is 0.203. The lowest BCUT2D eigenvalue weighted by molar-refractivity contribution is -0.0800. The number of rotatable bonds is 3. The Hall–Kier alpha value is 0.600. The fourth-order valence-corrected chi connectivity index (χ4v) is 4.56. The zero-order valence-electron chi connectivity index (χ0n) is 9.51. The van der Waals surface area contributed by atoms with Crippen molar-refractivity contribution in [1.82, 2.24) is 0 Å². The van der Waals surface area contributed by atoms with Gasteiger partial charge in [0.1, 0.15) is 0 Å². The van der Waals surface area contributed by atoms with Crippen LogP contribution in [0.25, 0.3) is 0 Å². The number of halogens is 1. The molecule has 0 N–H and O–H groups in total. The van der Waals surface area contributed by atoms with Crippen LogP contribution in [-0.4, -0.2) is 29.1 Å². The first-order valence-corrected chi connectivity index (χ1v) is 7.71. The van der Waals surface area contributed by atoms with E-state index in [9.17, 15) is 0 Å². The van der Waals surface area contributed by atoms with E-state index in [0.717, 1.165) is 13.0 Å². The molecule has 0 radical (unpaired) electrons. The van der Waals surface area contributed by atoms with Crippen molar-refractivity contribution in [2.24, 2.45) is 5.92 Å². The van der Waals surface area contributed by atoms with Gasteiger partial charge in [0, 0.05) is 17.7 Å². The molecule has 0 saturated carbocycles. The monoisotopic (exact) mass is 248 g/mol. The second kappa shape index (κ2) is 5.29. The van der Waals surface area contributed by atoms with Crippen molar-refractivity contribution in [3.05, 3.63) is 0 Å². The fourth-order valence-electron chi connectivity index (χ4n) is 2.75. The lowest BCUT2D eigenvalue weighted by atomic mass is 9.82. The first kappa shape index (κ1) is 12.1. The topological polar surface area (TPSA) is 9.23 Å². The van der Waals surface area contributed by atoms with Gasteiger partial charge in [-0.15, -0.1) is 11.6 Å². The summed E-state index contributed by atoms with van der Waals surface area (Å²) in [7, 11) is 0. The summed E-state index contributed by atoms with van der Waals surface area (Å²) < 4.78 is 6.01. The van der Waals surface area contributed by atoms with Gasteiger partial charge in [-0.05, 0) is 37.4 Å². The maximum absolute atomic E-state index is 6.46. The standard InChI is InChI=1S/C12H21ClOS/c1-2-3-11(13)10-4-6-14-12(8-10)5-7-15-9-12/h10-11H,2-9H2,1H3. The molecule has 0 amide bonds. The van der Waals surface area contributed by atoms with E-state index in [4.69, 9.17) is 16.3 Å². The van der Waals surface area contributed by atoms with E-state index in [1.165, 1.54) is 37.2 Å². The van der Waals surface area contributed by atoms with E-state index in [2.05, 4.69) is 6.92 Å². The predicted molar refractivity (Wildman–Crippen MR) is 67.9 cm³/mol. The summed E-state index contributed by atoms with van der Waals surface area (Å²) >= 11 is 8.50. The molecule has 2 saturated heterocycles. The molecule has 1 nitrogen and oxygen atoms in total. The zero-order valence-corrected chi connectivity index (χ0v) is 11.1. The van der Waals surface area contributed by atoms with Crippen LogP contribution in [0.4, 0.5) is 0 Å². The van der Waals surface area contributed by atoms with Gasteiger partial charge in [-0.3, -0.25) is 0 Å². The van der Waals surface area contributed by atoms with Crippen LogP contribution in [0.15, 0.2) is 0 Å². The summed E-state index contributed by atoms with van der Waals surface area (Å²) in [6.45, 7) is 3.15. The third kappa shape index (κ3) is 2.83. The Kier molecular flexibility index (Phi) is 4.25. The third-order valence-corrected chi connectivity index (χ3v) is 5.47. The van der Waals surface area contributed by atoms with Gasteiger partial charge in [-0.25, -0.2) is 0 Å². The van der Waals surface area contributed by atoms with E-state index in [-0.39, 0.29) is 5.60 Å². The molecule has 3 atom stereocenters. The highest BCUT2D eigenvalue weighted by Gasteiger charge is 2.41. The van der Waals surface area contributed by atoms with Crippen LogP contribution in [0.5, 0.6) is 0 Å². The van der Waals surface area contributed by atoms with Crippen LogP contribution in [0, 0.1) is 5.92 Å². The molecule has 2 aliphatic heterocycles. The normalized spacial score (nSPS) is 38.4. The number of hydrogen-bond donors (Lipinski definition) is 0. The Morgan fingerprint density at radius 1 is 1.60 bits per heavy atom. The Balaban J connectivity index is 1.91. The molecule has 2 rings (SSSR count). The molecule has 0 bridgehead atoms. The number of ether oxygens (including phenoxy) is 1. The molecule has 15 heavy (non-hydrogen) atoms. The SMILES string of the molecule is CCCC(Cl)C1CCOC2(CCSC2)C1. The molecular weight excluding hydrogens is 228 g/mol.